The molecule has 148 valence electrons. The van der Waals surface area contributed by atoms with Crippen molar-refractivity contribution < 1.29 is 32.2 Å². The van der Waals surface area contributed by atoms with Crippen LogP contribution in [0.5, 0.6) is 5.75 Å². The van der Waals surface area contributed by atoms with E-state index >= 15 is 0 Å². The molecule has 0 aliphatic carbocycles. The summed E-state index contributed by atoms with van der Waals surface area (Å²) in [5, 5.41) is 11.1. The maximum Gasteiger partial charge on any atom is 0.416 e. The van der Waals surface area contributed by atoms with Crippen molar-refractivity contribution >= 4 is 27.4 Å². The van der Waals surface area contributed by atoms with Crippen LogP contribution in [0.2, 0.25) is 0 Å². The van der Waals surface area contributed by atoms with Gasteiger partial charge in [0.25, 0.3) is 0 Å². The number of halogens is 4. The first kappa shape index (κ1) is 20.1. The number of carboxylic acid groups (broad SMARTS) is 1. The van der Waals surface area contributed by atoms with Gasteiger partial charge in [0.05, 0.1) is 16.7 Å². The molecule has 0 atom stereocenters. The van der Waals surface area contributed by atoms with Crippen molar-refractivity contribution in [3.63, 3.8) is 0 Å². The van der Waals surface area contributed by atoms with Crippen LogP contribution in [-0.2, 0) is 24.0 Å². The average Bonchev–Trinajstić information content (AvgIpc) is 3.00. The Balaban J connectivity index is 1.87. The van der Waals surface area contributed by atoms with E-state index < -0.39 is 23.5 Å². The van der Waals surface area contributed by atoms with Gasteiger partial charge in [-0.1, -0.05) is 6.07 Å². The molecule has 3 aromatic rings. The first-order valence-corrected chi connectivity index (χ1v) is 9.16. The molecule has 3 rings (SSSR count). The number of benzene rings is 2. The van der Waals surface area contributed by atoms with Gasteiger partial charge in [0, 0.05) is 5.39 Å². The molecule has 28 heavy (non-hydrogen) atoms. The summed E-state index contributed by atoms with van der Waals surface area (Å²) in [6, 6.07) is 4.79. The zero-order valence-corrected chi connectivity index (χ0v) is 15.8. The lowest BCUT2D eigenvalue weighted by Gasteiger charge is -2.13. The smallest absolute Gasteiger partial charge is 0.416 e. The van der Waals surface area contributed by atoms with Gasteiger partial charge in [-0.25, -0.2) is 4.39 Å². The number of rotatable bonds is 5. The highest BCUT2D eigenvalue weighted by atomic mass is 32.1. The number of carboxylic acids is 1. The molecular weight excluding hydrogens is 396 g/mol. The zero-order valence-electron chi connectivity index (χ0n) is 15.0. The fourth-order valence-corrected chi connectivity index (χ4v) is 4.09. The Morgan fingerprint density at radius 3 is 2.46 bits per heavy atom. The number of aliphatic carboxylic acids is 1. The van der Waals surface area contributed by atoms with Crippen LogP contribution in [0, 0.1) is 19.7 Å². The number of thiophene rings is 1. The first-order chi connectivity index (χ1) is 13.1. The van der Waals surface area contributed by atoms with Crippen LogP contribution in [0.4, 0.5) is 17.6 Å². The largest absolute Gasteiger partial charge is 0.486 e. The number of aryl methyl sites for hydroxylation is 2. The Labute approximate surface area is 162 Å². The normalized spacial score (nSPS) is 11.8. The number of ether oxygens (including phenoxy) is 1. The van der Waals surface area contributed by atoms with Gasteiger partial charge in [0.2, 0.25) is 0 Å². The minimum atomic E-state index is -4.43. The van der Waals surface area contributed by atoms with E-state index in [0.29, 0.717) is 32.3 Å². The summed E-state index contributed by atoms with van der Waals surface area (Å²) in [5.74, 6) is -1.63. The van der Waals surface area contributed by atoms with Crippen molar-refractivity contribution in [2.75, 3.05) is 0 Å². The average molecular weight is 412 g/mol. The predicted molar refractivity (Wildman–Crippen MR) is 98.4 cm³/mol. The Morgan fingerprint density at radius 2 is 1.86 bits per heavy atom. The molecule has 1 aromatic heterocycles. The van der Waals surface area contributed by atoms with Gasteiger partial charge in [-0.2, -0.15) is 13.2 Å². The lowest BCUT2D eigenvalue weighted by molar-refractivity contribution is -0.138. The summed E-state index contributed by atoms with van der Waals surface area (Å²) >= 11 is 1.10. The maximum absolute atomic E-state index is 14.8. The molecule has 0 aliphatic heterocycles. The van der Waals surface area contributed by atoms with E-state index in [9.17, 15) is 22.4 Å². The van der Waals surface area contributed by atoms with Crippen molar-refractivity contribution in [1.82, 2.24) is 0 Å². The predicted octanol–water partition coefficient (Wildman–Crippen LogP) is 5.88. The van der Waals surface area contributed by atoms with Crippen LogP contribution in [0.3, 0.4) is 0 Å². The molecule has 0 spiro atoms. The fraction of sp³-hybridized carbons (Fsp3) is 0.250. The molecule has 0 radical (unpaired) electrons. The van der Waals surface area contributed by atoms with E-state index in [2.05, 4.69) is 0 Å². The van der Waals surface area contributed by atoms with E-state index in [4.69, 9.17) is 9.84 Å². The molecular formula is C20H16F4O3S. The minimum Gasteiger partial charge on any atom is -0.486 e. The quantitative estimate of drug-likeness (QED) is 0.532. The highest BCUT2D eigenvalue weighted by Gasteiger charge is 2.30. The Bertz CT molecular complexity index is 1050. The topological polar surface area (TPSA) is 46.5 Å². The highest BCUT2D eigenvalue weighted by molar-refractivity contribution is 7.17. The monoisotopic (exact) mass is 412 g/mol. The van der Waals surface area contributed by atoms with E-state index in [1.807, 2.05) is 0 Å². The molecule has 0 saturated heterocycles. The molecule has 0 amide bonds. The minimum absolute atomic E-state index is 0.0203. The summed E-state index contributed by atoms with van der Waals surface area (Å²) in [6.07, 6.45) is -4.63. The molecule has 1 heterocycles. The Hall–Kier alpha value is -2.61. The van der Waals surface area contributed by atoms with E-state index in [0.717, 1.165) is 23.5 Å². The van der Waals surface area contributed by atoms with Crippen LogP contribution >= 0.6 is 11.3 Å². The second-order valence-corrected chi connectivity index (χ2v) is 7.35. The lowest BCUT2D eigenvalue weighted by atomic mass is 10.0. The second-order valence-electron chi connectivity index (χ2n) is 6.47. The van der Waals surface area contributed by atoms with Gasteiger partial charge in [0.1, 0.15) is 6.61 Å². The summed E-state index contributed by atoms with van der Waals surface area (Å²) in [5.41, 5.74) is 1.37. The van der Waals surface area contributed by atoms with Crippen LogP contribution in [0.15, 0.2) is 29.6 Å². The fourth-order valence-electron chi connectivity index (χ4n) is 3.02. The van der Waals surface area contributed by atoms with Gasteiger partial charge in [-0.05, 0) is 59.7 Å². The van der Waals surface area contributed by atoms with Crippen molar-refractivity contribution in [3.8, 4) is 5.75 Å². The number of fused-ring (bicyclic) bond motifs is 1. The van der Waals surface area contributed by atoms with Crippen molar-refractivity contribution in [3.05, 3.63) is 63.3 Å². The van der Waals surface area contributed by atoms with Gasteiger partial charge in [-0.3, -0.25) is 4.79 Å². The molecule has 0 saturated carbocycles. The van der Waals surface area contributed by atoms with Gasteiger partial charge in [0.15, 0.2) is 11.6 Å². The summed E-state index contributed by atoms with van der Waals surface area (Å²) in [7, 11) is 0. The lowest BCUT2D eigenvalue weighted by Crippen LogP contribution is -2.07. The maximum atomic E-state index is 14.8. The van der Waals surface area contributed by atoms with Gasteiger partial charge in [-0.15, -0.1) is 11.3 Å². The van der Waals surface area contributed by atoms with E-state index in [1.54, 1.807) is 12.3 Å². The summed E-state index contributed by atoms with van der Waals surface area (Å²) < 4.78 is 58.9. The van der Waals surface area contributed by atoms with Gasteiger partial charge < -0.3 is 9.84 Å². The third kappa shape index (κ3) is 3.96. The molecule has 3 nitrogen and oxygen atoms in total. The van der Waals surface area contributed by atoms with E-state index in [-0.39, 0.29) is 18.8 Å². The summed E-state index contributed by atoms with van der Waals surface area (Å²) in [6.45, 7) is 3.19. The Morgan fingerprint density at radius 1 is 1.14 bits per heavy atom. The van der Waals surface area contributed by atoms with Crippen LogP contribution in [-0.4, -0.2) is 11.1 Å². The van der Waals surface area contributed by atoms with Crippen LogP contribution in [0.25, 0.3) is 10.1 Å². The third-order valence-corrected chi connectivity index (χ3v) is 5.44. The van der Waals surface area contributed by atoms with Crippen molar-refractivity contribution in [1.29, 1.82) is 0 Å². The molecule has 0 fully saturated rings. The van der Waals surface area contributed by atoms with Crippen molar-refractivity contribution in [2.45, 2.75) is 33.1 Å². The number of alkyl halides is 3. The SMILES string of the molecule is Cc1cc(C(F)(F)F)ccc1COc1cc(C)c2c(CC(=O)O)csc2c1F. The molecule has 0 aliphatic rings. The third-order valence-electron chi connectivity index (χ3n) is 4.42. The second kappa shape index (κ2) is 7.43. The van der Waals surface area contributed by atoms with Crippen LogP contribution in [0.1, 0.15) is 27.8 Å². The number of hydrogen-bond acceptors (Lipinski definition) is 3. The highest BCUT2D eigenvalue weighted by Crippen LogP contribution is 2.37. The molecule has 1 N–H and O–H groups in total. The molecule has 0 unspecified atom stereocenters. The van der Waals surface area contributed by atoms with Crippen LogP contribution < -0.4 is 4.74 Å². The van der Waals surface area contributed by atoms with Crippen molar-refractivity contribution in [2.24, 2.45) is 0 Å². The molecule has 2 aromatic carbocycles. The first-order valence-electron chi connectivity index (χ1n) is 8.28. The number of hydrogen-bond donors (Lipinski definition) is 1. The molecule has 8 heteroatoms. The number of carbonyl (C=O) groups is 1. The van der Waals surface area contributed by atoms with Gasteiger partial charge >= 0.3 is 12.1 Å². The standard InChI is InChI=1S/C20H16F4O3S/c1-10-5-14(20(22,23)24)4-3-12(10)8-27-15-6-11(2)17-13(7-16(25)26)9-28-19(17)18(15)21/h3-6,9H,7-8H2,1-2H3,(H,25,26). The summed E-state index contributed by atoms with van der Waals surface area (Å²) in [4.78, 5) is 11.0. The molecule has 0 bridgehead atoms. The zero-order chi connectivity index (χ0) is 20.6. The Kier molecular flexibility index (Phi) is 5.34. The van der Waals surface area contributed by atoms with E-state index in [1.165, 1.54) is 19.1 Å².